The summed E-state index contributed by atoms with van der Waals surface area (Å²) >= 11 is 0. The molecule has 12 N–H and O–H groups in total. The summed E-state index contributed by atoms with van der Waals surface area (Å²) < 4.78 is 80.6. The molecule has 2 heterocycles. The van der Waals surface area contributed by atoms with E-state index in [1.54, 1.807) is 34.1 Å². The Kier molecular flexibility index (Phi) is 24.8. The first-order valence-corrected chi connectivity index (χ1v) is 25.2. The zero-order valence-electron chi connectivity index (χ0n) is 40.3. The summed E-state index contributed by atoms with van der Waals surface area (Å²) in [4.78, 5) is 27.8. The molecule has 0 atom stereocenters. The minimum absolute atomic E-state index is 0.00403. The van der Waals surface area contributed by atoms with E-state index in [9.17, 15) is 25.9 Å². The monoisotopic (exact) mass is 1070 g/mol. The molecule has 400 valence electrons. The van der Waals surface area contributed by atoms with Crippen LogP contribution in [0.15, 0.2) is 107 Å². The molecule has 0 unspecified atom stereocenters. The average Bonchev–Trinajstić information content (AvgIpc) is 3.37. The number of aliphatic hydroxyl groups excluding tert-OH is 6. The lowest BCUT2D eigenvalue weighted by atomic mass is 10.1. The maximum Gasteiger partial charge on any atom is 0.322 e. The van der Waals surface area contributed by atoms with Crippen molar-refractivity contribution in [2.75, 3.05) is 114 Å². The van der Waals surface area contributed by atoms with Gasteiger partial charge in [-0.1, -0.05) is 60.7 Å². The van der Waals surface area contributed by atoms with Gasteiger partial charge in [-0.05, 0) is 59.7 Å². The van der Waals surface area contributed by atoms with E-state index in [0.717, 1.165) is 12.1 Å². The number of nitrogens with zero attached hydrogens (tertiary/aromatic N) is 8. The van der Waals surface area contributed by atoms with Crippen LogP contribution in [0.5, 0.6) is 12.0 Å². The van der Waals surface area contributed by atoms with Crippen LogP contribution in [-0.2, 0) is 20.2 Å². The van der Waals surface area contributed by atoms with Crippen LogP contribution in [0, 0.1) is 0 Å². The smallest absolute Gasteiger partial charge is 0.322 e. The molecule has 6 aromatic rings. The van der Waals surface area contributed by atoms with E-state index >= 15 is 0 Å². The van der Waals surface area contributed by atoms with Gasteiger partial charge in [-0.2, -0.15) is 46.7 Å². The number of anilines is 8. The molecule has 74 heavy (non-hydrogen) atoms. The Balaban J connectivity index is 0.000000498. The van der Waals surface area contributed by atoms with Crippen molar-refractivity contribution < 1.29 is 66.1 Å². The van der Waals surface area contributed by atoms with Gasteiger partial charge < -0.3 is 61.4 Å². The first-order valence-electron chi connectivity index (χ1n) is 22.4. The van der Waals surface area contributed by atoms with Gasteiger partial charge in [0, 0.05) is 62.0 Å². The molecular formula is C46H60N12O14S2. The normalized spacial score (nSPS) is 11.4. The van der Waals surface area contributed by atoms with Crippen LogP contribution in [-0.4, -0.2) is 189 Å². The van der Waals surface area contributed by atoms with Crippen LogP contribution in [0.4, 0.5) is 46.5 Å². The highest BCUT2D eigenvalue weighted by molar-refractivity contribution is 7.86. The quantitative estimate of drug-likeness (QED) is 0.0274. The highest BCUT2D eigenvalue weighted by Crippen LogP contribution is 2.29. The zero-order valence-corrected chi connectivity index (χ0v) is 41.9. The van der Waals surface area contributed by atoms with Crippen LogP contribution >= 0.6 is 0 Å². The summed E-state index contributed by atoms with van der Waals surface area (Å²) in [6, 6.07) is 26.1. The lowest BCUT2D eigenvalue weighted by Gasteiger charge is -2.17. The Bertz CT molecular complexity index is 2680. The Labute approximate surface area is 427 Å². The first kappa shape index (κ1) is 59.5. The van der Waals surface area contributed by atoms with E-state index < -0.39 is 30.0 Å². The summed E-state index contributed by atoms with van der Waals surface area (Å²) in [5.74, 6) is 0.268. The molecule has 0 saturated heterocycles. The molecule has 0 aliphatic heterocycles. The van der Waals surface area contributed by atoms with E-state index in [0.29, 0.717) is 50.6 Å². The van der Waals surface area contributed by atoms with Crippen molar-refractivity contribution in [3.63, 3.8) is 0 Å². The standard InChI is InChI=1S/C34H30N10O8S2.2C6H15NO3/c1-51-33-41-29(35-23-9-5-3-6-10-23)39-31(43-33)37-25-17-15-21(27(19-25)53(45,46)47)13-14-22-16-18-26(20-28(22)54(48,49)50)38-32-40-30(42-34(44-32)52-2)36-24-11-7-4-8-12-24;2*8-4-1-7(2-5-9)3-6-10/h3-20H,1-2H3,(H,45,46,47)(H,48,49,50)(H2,35,37,39,41,43)(H2,36,38,40,42,44);2*8-10H,1-6H2/b14-13+;;. The van der Waals surface area contributed by atoms with Crippen molar-refractivity contribution in [2.24, 2.45) is 0 Å². The van der Waals surface area contributed by atoms with Gasteiger partial charge in [0.25, 0.3) is 20.2 Å². The molecule has 6 rings (SSSR count). The number of aliphatic hydroxyl groups is 6. The number of para-hydroxylation sites is 2. The largest absolute Gasteiger partial charge is 0.467 e. The Morgan fingerprint density at radius 3 is 0.973 bits per heavy atom. The second kappa shape index (κ2) is 30.9. The molecule has 0 bridgehead atoms. The Morgan fingerprint density at radius 1 is 0.432 bits per heavy atom. The lowest BCUT2D eigenvalue weighted by molar-refractivity contribution is 0.136. The van der Waals surface area contributed by atoms with Gasteiger partial charge >= 0.3 is 12.0 Å². The van der Waals surface area contributed by atoms with Crippen molar-refractivity contribution in [3.8, 4) is 12.0 Å². The fourth-order valence-corrected chi connectivity index (χ4v) is 7.74. The van der Waals surface area contributed by atoms with Crippen LogP contribution < -0.4 is 30.7 Å². The van der Waals surface area contributed by atoms with Gasteiger partial charge in [0.15, 0.2) is 0 Å². The van der Waals surface area contributed by atoms with Crippen LogP contribution in [0.2, 0.25) is 0 Å². The lowest BCUT2D eigenvalue weighted by Crippen LogP contribution is -2.32. The van der Waals surface area contributed by atoms with Crippen LogP contribution in [0.1, 0.15) is 11.1 Å². The van der Waals surface area contributed by atoms with Crippen molar-refractivity contribution in [3.05, 3.63) is 108 Å². The zero-order chi connectivity index (χ0) is 53.9. The van der Waals surface area contributed by atoms with Gasteiger partial charge in [0.2, 0.25) is 23.8 Å². The number of rotatable bonds is 26. The number of benzene rings is 4. The molecule has 4 aromatic carbocycles. The third kappa shape index (κ3) is 20.5. The molecule has 0 amide bonds. The van der Waals surface area contributed by atoms with Gasteiger partial charge in [0.05, 0.1) is 53.9 Å². The molecule has 0 spiro atoms. The predicted molar refractivity (Wildman–Crippen MR) is 276 cm³/mol. The maximum absolute atomic E-state index is 12.5. The molecule has 0 aliphatic rings. The van der Waals surface area contributed by atoms with E-state index in [1.165, 1.54) is 50.6 Å². The molecule has 0 fully saturated rings. The van der Waals surface area contributed by atoms with Crippen molar-refractivity contribution in [1.82, 2.24) is 39.7 Å². The van der Waals surface area contributed by atoms with Crippen LogP contribution in [0.25, 0.3) is 12.2 Å². The molecule has 2 aromatic heterocycles. The van der Waals surface area contributed by atoms with Crippen molar-refractivity contribution >= 4 is 78.9 Å². The number of hydrogen-bond donors (Lipinski definition) is 12. The van der Waals surface area contributed by atoms with Gasteiger partial charge in [-0.25, -0.2) is 0 Å². The Morgan fingerprint density at radius 2 is 0.716 bits per heavy atom. The third-order valence-electron chi connectivity index (χ3n) is 9.69. The fourth-order valence-electron chi connectivity index (χ4n) is 6.32. The fraction of sp³-hybridized carbons (Fsp3) is 0.304. The summed E-state index contributed by atoms with van der Waals surface area (Å²) in [6.07, 6.45) is 2.52. The summed E-state index contributed by atoms with van der Waals surface area (Å²) in [7, 11) is -6.90. The number of ether oxygens (including phenoxy) is 2. The minimum Gasteiger partial charge on any atom is -0.467 e. The van der Waals surface area contributed by atoms with E-state index in [1.807, 2.05) is 36.4 Å². The molecular weight excluding hydrogens is 1010 g/mol. The molecule has 0 aliphatic carbocycles. The highest BCUT2D eigenvalue weighted by atomic mass is 32.2. The number of aromatic nitrogens is 6. The first-order chi connectivity index (χ1) is 35.5. The molecule has 0 radical (unpaired) electrons. The van der Waals surface area contributed by atoms with E-state index in [-0.39, 0.29) is 98.0 Å². The summed E-state index contributed by atoms with van der Waals surface area (Å²) in [5.41, 5.74) is 1.70. The molecule has 26 nitrogen and oxygen atoms in total. The van der Waals surface area contributed by atoms with Gasteiger partial charge in [0.1, 0.15) is 9.79 Å². The predicted octanol–water partition coefficient (Wildman–Crippen LogP) is 2.24. The van der Waals surface area contributed by atoms with Crippen molar-refractivity contribution in [1.29, 1.82) is 0 Å². The highest BCUT2D eigenvalue weighted by Gasteiger charge is 2.19. The molecule has 28 heteroatoms. The maximum atomic E-state index is 12.5. The Hall–Kier alpha value is -7.06. The van der Waals surface area contributed by atoms with E-state index in [2.05, 4.69) is 51.2 Å². The van der Waals surface area contributed by atoms with Crippen molar-refractivity contribution in [2.45, 2.75) is 9.79 Å². The minimum atomic E-state index is -4.82. The molecule has 0 saturated carbocycles. The summed E-state index contributed by atoms with van der Waals surface area (Å²) in [6.45, 7) is 3.51. The van der Waals surface area contributed by atoms with Gasteiger partial charge in [-0.3, -0.25) is 18.9 Å². The second-order valence-corrected chi connectivity index (χ2v) is 17.8. The number of nitrogens with one attached hydrogen (secondary N) is 4. The van der Waals surface area contributed by atoms with Crippen LogP contribution in [0.3, 0.4) is 0 Å². The second-order valence-electron chi connectivity index (χ2n) is 15.0. The average molecular weight is 1070 g/mol. The number of methoxy groups -OCH3 is 2. The topological polar surface area (TPSA) is 381 Å². The van der Waals surface area contributed by atoms with E-state index in [4.69, 9.17) is 40.1 Å². The SMILES string of the molecule is COc1nc(Nc2ccccc2)nc(Nc2ccc(/C=C/c3ccc(Nc4nc(Nc5ccccc5)nc(OC)n4)cc3S(=O)(=O)O)c(S(=O)(=O)O)c2)n1.OCCN(CCO)CCO.OCCN(CCO)CCO. The number of hydrogen-bond acceptors (Lipinski definition) is 24. The van der Waals surface area contributed by atoms with Gasteiger partial charge in [-0.15, -0.1) is 0 Å². The third-order valence-corrected chi connectivity index (χ3v) is 11.5. The summed E-state index contributed by atoms with van der Waals surface area (Å²) in [5, 5.41) is 62.7.